The number of aromatic amines is 2. The van der Waals surface area contributed by atoms with Crippen LogP contribution in [0.4, 0.5) is 0 Å². The Labute approximate surface area is 156 Å². The predicted octanol–water partition coefficient (Wildman–Crippen LogP) is 1.18. The largest absolute Gasteiger partial charge is 0.493 e. The summed E-state index contributed by atoms with van der Waals surface area (Å²) in [6.07, 6.45) is 1.67. The zero-order chi connectivity index (χ0) is 19.4. The maximum Gasteiger partial charge on any atom is 0.325 e. The molecule has 1 fully saturated rings. The Morgan fingerprint density at radius 2 is 1.93 bits per heavy atom. The van der Waals surface area contributed by atoms with Crippen LogP contribution in [-0.2, 0) is 6.54 Å². The first-order chi connectivity index (χ1) is 13.0. The average molecular weight is 373 g/mol. The molecule has 0 spiro atoms. The fraction of sp³-hybridized carbons (Fsp3) is 0.421. The molecule has 1 aromatic carbocycles. The van der Waals surface area contributed by atoms with Gasteiger partial charge < -0.3 is 14.5 Å². The van der Waals surface area contributed by atoms with E-state index in [1.54, 1.807) is 25.3 Å². The Balaban J connectivity index is 1.72. The molecule has 1 aliphatic rings. The number of Topliss-reactive ketones (excluding diaryl/α,β-unsaturated/α-hetero) is 1. The maximum absolute atomic E-state index is 12.9. The van der Waals surface area contributed by atoms with Crippen molar-refractivity contribution in [3.8, 4) is 11.5 Å². The summed E-state index contributed by atoms with van der Waals surface area (Å²) < 4.78 is 10.5. The highest BCUT2D eigenvalue weighted by molar-refractivity contribution is 5.98. The Morgan fingerprint density at radius 1 is 1.15 bits per heavy atom. The van der Waals surface area contributed by atoms with Crippen molar-refractivity contribution in [2.45, 2.75) is 19.4 Å². The molecule has 1 aliphatic heterocycles. The van der Waals surface area contributed by atoms with Crippen molar-refractivity contribution in [3.63, 3.8) is 0 Å². The van der Waals surface area contributed by atoms with E-state index in [1.807, 2.05) is 0 Å². The van der Waals surface area contributed by atoms with Gasteiger partial charge in [0, 0.05) is 36.3 Å². The van der Waals surface area contributed by atoms with Crippen LogP contribution in [0.25, 0.3) is 0 Å². The van der Waals surface area contributed by atoms with E-state index in [2.05, 4.69) is 14.9 Å². The molecule has 3 rings (SSSR count). The van der Waals surface area contributed by atoms with Crippen molar-refractivity contribution >= 4 is 5.78 Å². The SMILES string of the molecule is COc1ccc(C(=O)[C@H]2CCCN(Cc3cc(=O)[nH]c(=O)[nH]3)C2)cc1OC. The highest BCUT2D eigenvalue weighted by Crippen LogP contribution is 2.30. The number of H-pyrrole nitrogens is 2. The van der Waals surface area contributed by atoms with Gasteiger partial charge in [-0.1, -0.05) is 0 Å². The van der Waals surface area contributed by atoms with Crippen molar-refractivity contribution in [1.29, 1.82) is 0 Å². The molecule has 1 saturated heterocycles. The highest BCUT2D eigenvalue weighted by Gasteiger charge is 2.27. The number of ether oxygens (including phenoxy) is 2. The third-order valence-corrected chi connectivity index (χ3v) is 4.75. The average Bonchev–Trinajstić information content (AvgIpc) is 2.66. The lowest BCUT2D eigenvalue weighted by atomic mass is 9.89. The second-order valence-corrected chi connectivity index (χ2v) is 6.62. The summed E-state index contributed by atoms with van der Waals surface area (Å²) in [5.41, 5.74) is 0.184. The van der Waals surface area contributed by atoms with E-state index in [-0.39, 0.29) is 11.7 Å². The standard InChI is InChI=1S/C19H23N3O5/c1-26-15-6-5-12(8-16(15)27-2)18(24)13-4-3-7-22(10-13)11-14-9-17(23)21-19(25)20-14/h5-6,8-9,13H,3-4,7,10-11H2,1-2H3,(H2,20,21,23,25)/t13-/m0/s1. The van der Waals surface area contributed by atoms with Crippen LogP contribution in [0.2, 0.25) is 0 Å². The van der Waals surface area contributed by atoms with Crippen LogP contribution in [0.3, 0.4) is 0 Å². The molecule has 2 heterocycles. The van der Waals surface area contributed by atoms with E-state index in [0.29, 0.717) is 35.8 Å². The molecule has 8 heteroatoms. The van der Waals surface area contributed by atoms with Crippen LogP contribution in [0.15, 0.2) is 33.9 Å². The monoisotopic (exact) mass is 373 g/mol. The molecule has 2 aromatic rings. The molecule has 0 aliphatic carbocycles. The highest BCUT2D eigenvalue weighted by atomic mass is 16.5. The minimum atomic E-state index is -0.521. The zero-order valence-electron chi connectivity index (χ0n) is 15.4. The van der Waals surface area contributed by atoms with Gasteiger partial charge in [0.25, 0.3) is 5.56 Å². The Kier molecular flexibility index (Phi) is 5.75. The van der Waals surface area contributed by atoms with Crippen molar-refractivity contribution < 1.29 is 14.3 Å². The third kappa shape index (κ3) is 4.46. The zero-order valence-corrected chi connectivity index (χ0v) is 15.4. The Hall–Kier alpha value is -2.87. The van der Waals surface area contributed by atoms with E-state index < -0.39 is 11.2 Å². The molecule has 27 heavy (non-hydrogen) atoms. The molecule has 2 N–H and O–H groups in total. The van der Waals surface area contributed by atoms with E-state index in [9.17, 15) is 14.4 Å². The van der Waals surface area contributed by atoms with Gasteiger partial charge >= 0.3 is 5.69 Å². The first kappa shape index (κ1) is 18.9. The van der Waals surface area contributed by atoms with E-state index >= 15 is 0 Å². The van der Waals surface area contributed by atoms with Gasteiger partial charge in [-0.3, -0.25) is 19.5 Å². The van der Waals surface area contributed by atoms with Crippen LogP contribution in [0, 0.1) is 5.92 Å². The molecule has 0 amide bonds. The summed E-state index contributed by atoms with van der Waals surface area (Å²) in [6.45, 7) is 1.81. The maximum atomic E-state index is 12.9. The van der Waals surface area contributed by atoms with Gasteiger partial charge in [0.15, 0.2) is 17.3 Å². The van der Waals surface area contributed by atoms with E-state index in [4.69, 9.17) is 9.47 Å². The number of hydrogen-bond acceptors (Lipinski definition) is 6. The van der Waals surface area contributed by atoms with Crippen molar-refractivity contribution in [3.05, 3.63) is 56.4 Å². The minimum absolute atomic E-state index is 0.0556. The van der Waals surface area contributed by atoms with Gasteiger partial charge in [-0.15, -0.1) is 0 Å². The second-order valence-electron chi connectivity index (χ2n) is 6.62. The molecule has 0 radical (unpaired) electrons. The van der Waals surface area contributed by atoms with Crippen LogP contribution in [-0.4, -0.2) is 48.0 Å². The second kappa shape index (κ2) is 8.22. The molecule has 0 bridgehead atoms. The number of hydrogen-bond donors (Lipinski definition) is 2. The smallest absolute Gasteiger partial charge is 0.325 e. The molecule has 0 unspecified atom stereocenters. The third-order valence-electron chi connectivity index (χ3n) is 4.75. The summed E-state index contributed by atoms with van der Waals surface area (Å²) >= 11 is 0. The van der Waals surface area contributed by atoms with Crippen molar-refractivity contribution in [2.75, 3.05) is 27.3 Å². The number of ketones is 1. The lowest BCUT2D eigenvalue weighted by molar-refractivity contribution is 0.0809. The lowest BCUT2D eigenvalue weighted by Crippen LogP contribution is -2.39. The molecule has 8 nitrogen and oxygen atoms in total. The fourth-order valence-electron chi connectivity index (χ4n) is 3.48. The van der Waals surface area contributed by atoms with Gasteiger partial charge in [0.2, 0.25) is 0 Å². The summed E-state index contributed by atoms with van der Waals surface area (Å²) in [5.74, 6) is 1.01. The van der Waals surface area contributed by atoms with Crippen molar-refractivity contribution in [2.24, 2.45) is 5.92 Å². The van der Waals surface area contributed by atoms with E-state index in [1.165, 1.54) is 13.2 Å². The van der Waals surface area contributed by atoms with Crippen LogP contribution in [0.5, 0.6) is 11.5 Å². The van der Waals surface area contributed by atoms with Gasteiger partial charge in [-0.05, 0) is 37.6 Å². The quantitative estimate of drug-likeness (QED) is 0.737. The molecule has 144 valence electrons. The summed E-state index contributed by atoms with van der Waals surface area (Å²) in [6, 6.07) is 6.56. The number of piperidine rings is 1. The van der Waals surface area contributed by atoms with Crippen molar-refractivity contribution in [1.82, 2.24) is 14.9 Å². The fourth-order valence-corrected chi connectivity index (χ4v) is 3.48. The van der Waals surface area contributed by atoms with E-state index in [0.717, 1.165) is 19.4 Å². The predicted molar refractivity (Wildman–Crippen MR) is 99.6 cm³/mol. The summed E-state index contributed by atoms with van der Waals surface area (Å²) in [5, 5.41) is 0. The molecular formula is C19H23N3O5. The van der Waals surface area contributed by atoms with Gasteiger partial charge in [-0.25, -0.2) is 4.79 Å². The number of carbonyl (C=O) groups excluding carboxylic acids is 1. The number of carbonyl (C=O) groups is 1. The minimum Gasteiger partial charge on any atom is -0.493 e. The normalized spacial score (nSPS) is 17.5. The number of likely N-dealkylation sites (tertiary alicyclic amines) is 1. The Bertz CT molecular complexity index is 905. The Morgan fingerprint density at radius 3 is 2.63 bits per heavy atom. The van der Waals surface area contributed by atoms with Crippen LogP contribution in [0.1, 0.15) is 28.9 Å². The molecule has 0 saturated carbocycles. The topological polar surface area (TPSA) is 104 Å². The number of methoxy groups -OCH3 is 2. The number of aromatic nitrogens is 2. The number of nitrogens with one attached hydrogen (secondary N) is 2. The molecule has 1 atom stereocenters. The summed E-state index contributed by atoms with van der Waals surface area (Å²) in [4.78, 5) is 42.7. The van der Waals surface area contributed by atoms with Gasteiger partial charge in [0.1, 0.15) is 0 Å². The number of rotatable bonds is 6. The van der Waals surface area contributed by atoms with Crippen LogP contribution < -0.4 is 20.7 Å². The van der Waals surface area contributed by atoms with Gasteiger partial charge in [-0.2, -0.15) is 0 Å². The number of nitrogens with zero attached hydrogens (tertiary/aromatic N) is 1. The first-order valence-electron chi connectivity index (χ1n) is 8.81. The summed E-state index contributed by atoms with van der Waals surface area (Å²) in [7, 11) is 3.09. The van der Waals surface area contributed by atoms with Gasteiger partial charge in [0.05, 0.1) is 14.2 Å². The van der Waals surface area contributed by atoms with Crippen LogP contribution >= 0.6 is 0 Å². The lowest BCUT2D eigenvalue weighted by Gasteiger charge is -2.31. The first-order valence-corrected chi connectivity index (χ1v) is 8.81. The molecule has 1 aromatic heterocycles. The number of benzene rings is 1. The molecular weight excluding hydrogens is 350 g/mol.